The van der Waals surface area contributed by atoms with Crippen molar-refractivity contribution in [3.05, 3.63) is 81.0 Å². The highest BCUT2D eigenvalue weighted by atomic mass is 79.9. The molecule has 19 rings (SSSR count). The Morgan fingerprint density at radius 1 is 0.744 bits per heavy atom. The minimum atomic E-state index is -2.01. The van der Waals surface area contributed by atoms with Gasteiger partial charge in [-0.15, -0.1) is 0 Å². The second-order valence-electron chi connectivity index (χ2n) is 39.5. The number of carbonyl (C=O) groups is 4. The first kappa shape index (κ1) is 84.2. The molecule has 7 saturated heterocycles. The number of aliphatic hydroxyl groups is 6. The molecule has 16 aliphatic rings. The number of amides is 3. The van der Waals surface area contributed by atoms with E-state index in [-0.39, 0.29) is 77.8 Å². The number of fused-ring (bicyclic) bond motifs is 11. The zero-order valence-corrected chi connectivity index (χ0v) is 72.2. The number of halogens is 1. The number of piperazine rings is 1. The van der Waals surface area contributed by atoms with Crippen molar-refractivity contribution in [1.29, 1.82) is 0 Å². The molecule has 26 heteroatoms. The Morgan fingerprint density at radius 2 is 1.46 bits per heavy atom. The number of cyclic esters (lactones) is 1. The van der Waals surface area contributed by atoms with Gasteiger partial charge in [0.2, 0.25) is 17.5 Å². The number of benzene rings is 2. The lowest BCUT2D eigenvalue weighted by molar-refractivity contribution is -0.336. The number of aromatic amines is 1. The van der Waals surface area contributed by atoms with E-state index in [4.69, 9.17) is 42.6 Å². The quantitative estimate of drug-likeness (QED) is 0.0583. The Bertz CT molecular complexity index is 4280. The van der Waals surface area contributed by atoms with Crippen molar-refractivity contribution in [2.75, 3.05) is 47.4 Å². The van der Waals surface area contributed by atoms with Gasteiger partial charge >= 0.3 is 5.97 Å². The number of carbonyl (C=O) groups excluding carboxylic acids is 4. The van der Waals surface area contributed by atoms with Crippen LogP contribution in [0.1, 0.15) is 213 Å². The first-order valence-corrected chi connectivity index (χ1v) is 45.2. The number of nitrogens with one attached hydrogen (secondary N) is 2. The second kappa shape index (κ2) is 32.0. The maximum absolute atomic E-state index is 14.4. The Balaban J connectivity index is 0.000000138. The van der Waals surface area contributed by atoms with Crippen LogP contribution in [0.4, 0.5) is 0 Å². The number of methoxy groups -OCH3 is 1. The first-order valence-electron chi connectivity index (χ1n) is 44.4. The van der Waals surface area contributed by atoms with E-state index in [2.05, 4.69) is 87.3 Å². The van der Waals surface area contributed by atoms with E-state index in [0.717, 1.165) is 115 Å². The topological polar surface area (TPSA) is 314 Å². The molecule has 8 N–H and O–H groups in total. The smallest absolute Gasteiger partial charge is 0.331 e. The number of rotatable bonds is 13. The van der Waals surface area contributed by atoms with Crippen molar-refractivity contribution >= 4 is 56.1 Å². The number of likely N-dealkylation sites (tertiary alicyclic amines) is 1. The number of nitrogens with zero attached hydrogens (tertiary/aromatic N) is 4. The van der Waals surface area contributed by atoms with E-state index in [0.29, 0.717) is 49.8 Å². The van der Waals surface area contributed by atoms with Crippen LogP contribution in [0.15, 0.2) is 58.7 Å². The number of H-pyrrole nitrogens is 1. The summed E-state index contributed by atoms with van der Waals surface area (Å²) in [6, 6.07) is 12.4. The standard InChI is InChI=1S/C41H64O13.C32H40BrN5O5.C18H25NO/c1-20-36(46)29(42)16-34(49-20)53-38-22(3)51-35(18-31(38)44)54-37-21(2)50-33(17-30(37)43)52-25-8-11-39(4)24(15-25)6-7-28-27(39)9-12-40(5)26(10-13-41(28,40)47)23-14-32(45)48-19-23;1-16(2)12-24-29(40)37-11-7-10-25(37)32(42)38(24)30(41)31(43-32,17(3)4)35-28(39)18-13-20-19-8-6-9-22-26(19)21(27(33)34-22)14-23(20)36(5)15-18;1-19-10-9-18-8-4-3-5-15(18)17(19)11-13-6-7-14(20-2)12-16(13)18/h14,20-22,24-31,33-38,42-44,46-47H,6-13,15-19H2,1-5H3;6,8-9,13,16-18,23-25,34,42H,7,10-12,14-15H2,1-5H3,(H,35,39);6-7,12,15,17H,3-5,8-11H2,1-2H3/t20-,21-,22-,24-,25+,26-,27+,28-,29+,30+,31+,33+,34+,35+,36-,37-,38-,39+,40-,41+;18-,23-,24+,25+,31-,32+;15-,17+,18+/m111/s1. The number of hydrogen-bond donors (Lipinski definition) is 8. The summed E-state index contributed by atoms with van der Waals surface area (Å²) in [5.41, 5.74) is 6.56. The highest BCUT2D eigenvalue weighted by Gasteiger charge is 2.73. The molecule has 9 aliphatic heterocycles. The molecule has 1 aromatic heterocycles. The van der Waals surface area contributed by atoms with Crippen LogP contribution >= 0.6 is 15.9 Å². The molecule has 12 fully saturated rings. The lowest BCUT2D eigenvalue weighted by Gasteiger charge is -2.64. The Labute approximate surface area is 697 Å². The number of ether oxygens (including phenoxy) is 9. The van der Waals surface area contributed by atoms with Gasteiger partial charge in [-0.05, 0) is 259 Å². The van der Waals surface area contributed by atoms with Gasteiger partial charge < -0.3 is 88.6 Å². The Morgan fingerprint density at radius 3 is 2.15 bits per heavy atom. The molecule has 25 nitrogen and oxygen atoms in total. The van der Waals surface area contributed by atoms with Gasteiger partial charge in [0.1, 0.15) is 42.8 Å². The lowest BCUT2D eigenvalue weighted by atomic mass is 9.43. The molecule has 10 heterocycles. The van der Waals surface area contributed by atoms with Crippen molar-refractivity contribution in [3.8, 4) is 5.75 Å². The highest BCUT2D eigenvalue weighted by Crippen LogP contribution is 2.70. The van der Waals surface area contributed by atoms with Crippen molar-refractivity contribution in [1.82, 2.24) is 29.9 Å². The van der Waals surface area contributed by atoms with E-state index >= 15 is 0 Å². The van der Waals surface area contributed by atoms with E-state index in [1.165, 1.54) is 60.9 Å². The van der Waals surface area contributed by atoms with Crippen LogP contribution in [-0.4, -0.2) is 248 Å². The number of esters is 1. The van der Waals surface area contributed by atoms with Crippen LogP contribution in [0.5, 0.6) is 5.75 Å². The Hall–Kier alpha value is -4.98. The normalized spacial score (nSPS) is 43.9. The summed E-state index contributed by atoms with van der Waals surface area (Å²) in [5.74, 6) is -0.970. The van der Waals surface area contributed by atoms with Gasteiger partial charge in [-0.3, -0.25) is 28.9 Å². The average Bonchev–Trinajstić information content (AvgIpc) is 1.56. The number of aromatic nitrogens is 1. The summed E-state index contributed by atoms with van der Waals surface area (Å²) in [5, 5.41) is 71.3. The van der Waals surface area contributed by atoms with E-state index < -0.39 is 121 Å². The molecule has 2 bridgehead atoms. The number of piperidine rings is 1. The predicted molar refractivity (Wildman–Crippen MR) is 437 cm³/mol. The van der Waals surface area contributed by atoms with E-state index in [1.807, 2.05) is 40.0 Å². The second-order valence-corrected chi connectivity index (χ2v) is 40.2. The van der Waals surface area contributed by atoms with Gasteiger partial charge in [-0.1, -0.05) is 78.7 Å². The van der Waals surface area contributed by atoms with E-state index in [1.54, 1.807) is 56.9 Å². The maximum atomic E-state index is 14.4. The third-order valence-electron chi connectivity index (χ3n) is 32.4. The fourth-order valence-corrected chi connectivity index (χ4v) is 26.8. The molecule has 3 amide bonds. The number of aliphatic hydroxyl groups excluding tert-OH is 4. The zero-order valence-electron chi connectivity index (χ0n) is 70.6. The van der Waals surface area contributed by atoms with Crippen molar-refractivity contribution in [3.63, 3.8) is 0 Å². The largest absolute Gasteiger partial charge is 0.497 e. The summed E-state index contributed by atoms with van der Waals surface area (Å²) >= 11 is 3.70. The molecule has 117 heavy (non-hydrogen) atoms. The van der Waals surface area contributed by atoms with Crippen molar-refractivity contribution in [2.45, 2.75) is 330 Å². The minimum absolute atomic E-state index is 0.0243. The van der Waals surface area contributed by atoms with Crippen LogP contribution in [0, 0.1) is 58.2 Å². The summed E-state index contributed by atoms with van der Waals surface area (Å²) in [7, 11) is 6.15. The fraction of sp³-hybridized carbons (Fsp3) is 0.758. The van der Waals surface area contributed by atoms with Crippen LogP contribution in [-0.2, 0) is 75.3 Å². The number of likely N-dealkylation sites (N-methyl/N-ethyl adjacent to an activating group) is 2. The van der Waals surface area contributed by atoms with Crippen molar-refractivity contribution in [2.24, 2.45) is 58.2 Å². The van der Waals surface area contributed by atoms with Crippen molar-refractivity contribution < 1.29 is 92.4 Å². The van der Waals surface area contributed by atoms with Gasteiger partial charge in [0.15, 0.2) is 18.9 Å². The molecule has 0 spiro atoms. The molecular weight excluding hydrogens is 1560 g/mol. The summed E-state index contributed by atoms with van der Waals surface area (Å²) in [6.07, 6.45) is 14.6. The molecule has 0 unspecified atom stereocenters. The molecule has 2 aromatic carbocycles. The summed E-state index contributed by atoms with van der Waals surface area (Å²) in [6.45, 7) is 20.2. The molecule has 29 atom stereocenters. The molecular formula is C91H129BrN6O19. The van der Waals surface area contributed by atoms with Gasteiger partial charge in [0.25, 0.3) is 11.8 Å². The van der Waals surface area contributed by atoms with Gasteiger partial charge in [-0.25, -0.2) is 4.79 Å². The van der Waals surface area contributed by atoms with Crippen LogP contribution in [0.2, 0.25) is 0 Å². The Kier molecular flexibility index (Phi) is 23.0. The van der Waals surface area contributed by atoms with Gasteiger partial charge in [0.05, 0.1) is 66.0 Å². The highest BCUT2D eigenvalue weighted by molar-refractivity contribution is 9.10. The monoisotopic (exact) mass is 1690 g/mol. The van der Waals surface area contributed by atoms with Gasteiger partial charge in [-0.2, -0.15) is 0 Å². The maximum Gasteiger partial charge on any atom is 0.331 e. The van der Waals surface area contributed by atoms with Crippen LogP contribution < -0.4 is 10.1 Å². The number of hydrogen-bond acceptors (Lipinski definition) is 21. The first-order chi connectivity index (χ1) is 55.7. The fourth-order valence-electron chi connectivity index (χ4n) is 26.2. The zero-order chi connectivity index (χ0) is 82.6. The molecule has 7 aliphatic carbocycles. The minimum Gasteiger partial charge on any atom is -0.497 e. The summed E-state index contributed by atoms with van der Waals surface area (Å²) in [4.78, 5) is 65.3. The third-order valence-corrected chi connectivity index (χ3v) is 33.1. The van der Waals surface area contributed by atoms with E-state index in [9.17, 15) is 49.8 Å². The molecule has 3 aromatic rings. The summed E-state index contributed by atoms with van der Waals surface area (Å²) < 4.78 is 55.1. The molecule has 644 valence electrons. The lowest BCUT2D eigenvalue weighted by Crippen LogP contribution is -2.71. The van der Waals surface area contributed by atoms with Gasteiger partial charge in [0, 0.05) is 78.2 Å². The SMILES string of the molecule is CC(C)C[C@H]1C(=O)N2CCC[C@H]2[C@]2(O)O[C@](NC(=O)[C@@H]3C=C4c5cccc6[nH]c(Br)c(c56)C[C@H]4N(C)C3)(C(C)C)C(=O)N12.COc1ccc2c(c1)[C@]13CCCC[C@@H]1[C@H](C2)N(C)CC3.C[C@H]1O[C@@H](O[C@H]2[C@@H](O)C[C@H](O[C@H]3[C@@H](O)C[C@H](O[C@H]4CC[C@@]5(C)[C@H](CC[C@@H]6[C@@H]5CC[C@]5(C)[C@@H](C7=CC(=O)OC7)CC[C@]65O)C4)O[C@@H]3C)O[C@@H]2C)C[C@H](O)[C@@H]1O. The average molecular weight is 1690 g/mol. The molecule has 0 radical (unpaired) electrons. The van der Waals surface area contributed by atoms with Crippen LogP contribution in [0.3, 0.4) is 0 Å². The van der Waals surface area contributed by atoms with Crippen LogP contribution in [0.25, 0.3) is 16.5 Å². The third kappa shape index (κ3) is 14.3. The predicted octanol–water partition coefficient (Wildman–Crippen LogP) is 9.82. The molecule has 5 saturated carbocycles.